The summed E-state index contributed by atoms with van der Waals surface area (Å²) in [6.45, 7) is 4.07. The molecule has 0 unspecified atom stereocenters. The summed E-state index contributed by atoms with van der Waals surface area (Å²) in [7, 11) is 0. The van der Waals surface area contributed by atoms with E-state index < -0.39 is 0 Å². The molecule has 0 spiro atoms. The highest BCUT2D eigenvalue weighted by molar-refractivity contribution is 5.94. The van der Waals surface area contributed by atoms with Gasteiger partial charge in [-0.3, -0.25) is 4.79 Å². The molecule has 2 aliphatic rings. The number of nitrogens with one attached hydrogen (secondary N) is 2. The summed E-state index contributed by atoms with van der Waals surface area (Å²) in [5, 5.41) is 6.37. The minimum Gasteiger partial charge on any atom is -0.357 e. The Morgan fingerprint density at radius 3 is 2.59 bits per heavy atom. The molecule has 2 saturated heterocycles. The molecule has 1 amide bonds. The molecule has 22 heavy (non-hydrogen) atoms. The lowest BCUT2D eigenvalue weighted by Gasteiger charge is -2.23. The predicted octanol–water partition coefficient (Wildman–Crippen LogP) is 2.01. The Balaban J connectivity index is 0.00000121. The molecule has 2 fully saturated rings. The van der Waals surface area contributed by atoms with Crippen LogP contribution in [0.3, 0.4) is 0 Å². The summed E-state index contributed by atoms with van der Waals surface area (Å²) in [6, 6.07) is 4.08. The van der Waals surface area contributed by atoms with Gasteiger partial charge < -0.3 is 15.5 Å². The lowest BCUT2D eigenvalue weighted by molar-refractivity contribution is 0.0930. The summed E-state index contributed by atoms with van der Waals surface area (Å²) in [5.41, 5.74) is 0.651. The van der Waals surface area contributed by atoms with Gasteiger partial charge in [-0.15, -0.1) is 24.8 Å². The number of pyridine rings is 1. The highest BCUT2D eigenvalue weighted by atomic mass is 35.5. The molecule has 7 heteroatoms. The maximum atomic E-state index is 12.2. The van der Waals surface area contributed by atoms with Gasteiger partial charge in [-0.1, -0.05) is 0 Å². The number of carbonyl (C=O) groups is 1. The van der Waals surface area contributed by atoms with Crippen LogP contribution in [0.1, 0.15) is 36.0 Å². The van der Waals surface area contributed by atoms with Gasteiger partial charge in [0.1, 0.15) is 5.82 Å². The SMILES string of the molecule is Cl.Cl.O=C(N[C@H]1CCCNC1)c1ccc(N2CCCC2)nc1. The monoisotopic (exact) mass is 346 g/mol. The third-order valence-corrected chi connectivity index (χ3v) is 4.07. The van der Waals surface area contributed by atoms with Gasteiger partial charge in [0.15, 0.2) is 0 Å². The molecule has 1 aromatic rings. The topological polar surface area (TPSA) is 57.3 Å². The van der Waals surface area contributed by atoms with Crippen molar-refractivity contribution in [3.63, 3.8) is 0 Å². The number of halogens is 2. The maximum Gasteiger partial charge on any atom is 0.253 e. The standard InChI is InChI=1S/C15H22N4O.2ClH/c20-15(18-13-4-3-7-16-11-13)12-5-6-14(17-10-12)19-8-1-2-9-19;;/h5-6,10,13,16H,1-4,7-9,11H2,(H,18,20);2*1H/t13-;;/m0../s1. The van der Waals surface area contributed by atoms with Crippen LogP contribution < -0.4 is 15.5 Å². The highest BCUT2D eigenvalue weighted by Crippen LogP contribution is 2.17. The zero-order valence-electron chi connectivity index (χ0n) is 12.6. The number of anilines is 1. The van der Waals surface area contributed by atoms with Crippen LogP contribution in [0.25, 0.3) is 0 Å². The second-order valence-electron chi connectivity index (χ2n) is 5.62. The summed E-state index contributed by atoms with van der Waals surface area (Å²) < 4.78 is 0. The van der Waals surface area contributed by atoms with E-state index in [-0.39, 0.29) is 36.8 Å². The minimum atomic E-state index is -0.0147. The number of carbonyl (C=O) groups excluding carboxylic acids is 1. The number of hydrogen-bond acceptors (Lipinski definition) is 4. The Morgan fingerprint density at radius 2 is 2.00 bits per heavy atom. The van der Waals surface area contributed by atoms with E-state index in [0.29, 0.717) is 5.56 Å². The second kappa shape index (κ2) is 9.18. The van der Waals surface area contributed by atoms with Crippen molar-refractivity contribution in [2.45, 2.75) is 31.7 Å². The van der Waals surface area contributed by atoms with E-state index in [2.05, 4.69) is 20.5 Å². The number of amides is 1. The van der Waals surface area contributed by atoms with Crippen LogP contribution >= 0.6 is 24.8 Å². The van der Waals surface area contributed by atoms with Crippen molar-refractivity contribution in [3.05, 3.63) is 23.9 Å². The number of hydrogen-bond donors (Lipinski definition) is 2. The van der Waals surface area contributed by atoms with Crippen molar-refractivity contribution in [1.82, 2.24) is 15.6 Å². The van der Waals surface area contributed by atoms with Crippen LogP contribution in [-0.4, -0.2) is 43.1 Å². The van der Waals surface area contributed by atoms with E-state index in [0.717, 1.165) is 44.8 Å². The number of rotatable bonds is 3. The Morgan fingerprint density at radius 1 is 1.23 bits per heavy atom. The van der Waals surface area contributed by atoms with Gasteiger partial charge in [-0.2, -0.15) is 0 Å². The van der Waals surface area contributed by atoms with Crippen molar-refractivity contribution in [3.8, 4) is 0 Å². The van der Waals surface area contributed by atoms with Crippen LogP contribution in [0.4, 0.5) is 5.82 Å². The Labute approximate surface area is 144 Å². The Kier molecular flexibility index (Phi) is 7.93. The normalized spacial score (nSPS) is 20.7. The fourth-order valence-electron chi connectivity index (χ4n) is 2.90. The lowest BCUT2D eigenvalue weighted by Crippen LogP contribution is -2.45. The lowest BCUT2D eigenvalue weighted by atomic mass is 10.1. The largest absolute Gasteiger partial charge is 0.357 e. The van der Waals surface area contributed by atoms with Gasteiger partial charge >= 0.3 is 0 Å². The van der Waals surface area contributed by atoms with Gasteiger partial charge in [0, 0.05) is 31.9 Å². The van der Waals surface area contributed by atoms with Gasteiger partial charge in [-0.25, -0.2) is 4.98 Å². The van der Waals surface area contributed by atoms with E-state index in [1.807, 2.05) is 12.1 Å². The molecule has 2 aliphatic heterocycles. The first-order valence-electron chi connectivity index (χ1n) is 7.55. The molecule has 1 atom stereocenters. The van der Waals surface area contributed by atoms with Gasteiger partial charge in [-0.05, 0) is 44.4 Å². The smallest absolute Gasteiger partial charge is 0.253 e. The number of piperidine rings is 1. The van der Waals surface area contributed by atoms with Crippen LogP contribution in [-0.2, 0) is 0 Å². The fraction of sp³-hybridized carbons (Fsp3) is 0.600. The molecule has 1 aromatic heterocycles. The van der Waals surface area contributed by atoms with Gasteiger partial charge in [0.05, 0.1) is 5.56 Å². The van der Waals surface area contributed by atoms with Crippen molar-refractivity contribution in [1.29, 1.82) is 0 Å². The average Bonchev–Trinajstić information content (AvgIpc) is 3.03. The minimum absolute atomic E-state index is 0. The molecule has 2 N–H and O–H groups in total. The second-order valence-corrected chi connectivity index (χ2v) is 5.62. The first kappa shape index (κ1) is 19.0. The average molecular weight is 347 g/mol. The van der Waals surface area contributed by atoms with E-state index in [9.17, 15) is 4.79 Å². The van der Waals surface area contributed by atoms with Crippen LogP contribution in [0, 0.1) is 0 Å². The van der Waals surface area contributed by atoms with E-state index >= 15 is 0 Å². The van der Waals surface area contributed by atoms with Gasteiger partial charge in [0.2, 0.25) is 0 Å². The van der Waals surface area contributed by atoms with E-state index in [1.54, 1.807) is 6.20 Å². The molecule has 0 aromatic carbocycles. The summed E-state index contributed by atoms with van der Waals surface area (Å²) >= 11 is 0. The van der Waals surface area contributed by atoms with Crippen molar-refractivity contribution < 1.29 is 4.79 Å². The molecule has 124 valence electrons. The number of aromatic nitrogens is 1. The third-order valence-electron chi connectivity index (χ3n) is 4.07. The van der Waals surface area contributed by atoms with E-state index in [1.165, 1.54) is 12.8 Å². The first-order valence-corrected chi connectivity index (χ1v) is 7.55. The van der Waals surface area contributed by atoms with Crippen LogP contribution in [0.5, 0.6) is 0 Å². The zero-order chi connectivity index (χ0) is 13.8. The third kappa shape index (κ3) is 4.73. The molecule has 0 bridgehead atoms. The molecule has 3 heterocycles. The zero-order valence-corrected chi connectivity index (χ0v) is 14.2. The Hall–Kier alpha value is -1.04. The Bertz CT molecular complexity index is 457. The van der Waals surface area contributed by atoms with Crippen molar-refractivity contribution in [2.24, 2.45) is 0 Å². The summed E-state index contributed by atoms with van der Waals surface area (Å²) in [5.74, 6) is 0.970. The summed E-state index contributed by atoms with van der Waals surface area (Å²) in [4.78, 5) is 18.8. The van der Waals surface area contributed by atoms with E-state index in [4.69, 9.17) is 0 Å². The maximum absolute atomic E-state index is 12.2. The first-order chi connectivity index (χ1) is 9.83. The highest BCUT2D eigenvalue weighted by Gasteiger charge is 2.17. The quantitative estimate of drug-likeness (QED) is 0.878. The fourth-order valence-corrected chi connectivity index (χ4v) is 2.90. The molecular weight excluding hydrogens is 323 g/mol. The van der Waals surface area contributed by atoms with Crippen LogP contribution in [0.15, 0.2) is 18.3 Å². The van der Waals surface area contributed by atoms with Gasteiger partial charge in [0.25, 0.3) is 5.91 Å². The van der Waals surface area contributed by atoms with Crippen molar-refractivity contribution >= 4 is 36.5 Å². The van der Waals surface area contributed by atoms with Crippen LogP contribution in [0.2, 0.25) is 0 Å². The molecule has 0 saturated carbocycles. The molecule has 0 aliphatic carbocycles. The molecule has 5 nitrogen and oxygen atoms in total. The van der Waals surface area contributed by atoms with Crippen molar-refractivity contribution in [2.75, 3.05) is 31.1 Å². The summed E-state index contributed by atoms with van der Waals surface area (Å²) in [6.07, 6.45) is 6.34. The molecule has 0 radical (unpaired) electrons. The number of nitrogens with zero attached hydrogens (tertiary/aromatic N) is 2. The predicted molar refractivity (Wildman–Crippen MR) is 93.5 cm³/mol. The molecule has 3 rings (SSSR count). The molecular formula is C15H24Cl2N4O.